The first-order chi connectivity index (χ1) is 10.8. The van der Waals surface area contributed by atoms with Crippen molar-refractivity contribution in [1.29, 1.82) is 0 Å². The normalized spacial score (nSPS) is 18.0. The molecular weight excluding hydrogens is 298 g/mol. The van der Waals surface area contributed by atoms with Gasteiger partial charge in [0.1, 0.15) is 0 Å². The first-order valence-corrected chi connectivity index (χ1v) is 8.06. The van der Waals surface area contributed by atoms with Gasteiger partial charge in [0.15, 0.2) is 11.5 Å². The van der Waals surface area contributed by atoms with Crippen molar-refractivity contribution >= 4 is 11.6 Å². The SMILES string of the molecule is ClC(CN1CCc2ccccc2C1)c1ccc2c(c1)OCO2. The van der Waals surface area contributed by atoms with Crippen molar-refractivity contribution in [2.45, 2.75) is 18.3 Å². The van der Waals surface area contributed by atoms with Crippen LogP contribution >= 0.6 is 11.6 Å². The minimum Gasteiger partial charge on any atom is -0.454 e. The van der Waals surface area contributed by atoms with Crippen LogP contribution in [0.4, 0.5) is 0 Å². The van der Waals surface area contributed by atoms with Crippen LogP contribution in [0, 0.1) is 0 Å². The molecular formula is C18H18ClNO2. The minimum absolute atomic E-state index is 0.0419. The van der Waals surface area contributed by atoms with Gasteiger partial charge in [0.2, 0.25) is 6.79 Å². The maximum atomic E-state index is 6.63. The van der Waals surface area contributed by atoms with Crippen LogP contribution < -0.4 is 9.47 Å². The fourth-order valence-corrected chi connectivity index (χ4v) is 3.48. The molecule has 2 aromatic carbocycles. The molecule has 0 aliphatic carbocycles. The Morgan fingerprint density at radius 1 is 1.05 bits per heavy atom. The second-order valence-electron chi connectivity index (χ2n) is 5.83. The van der Waals surface area contributed by atoms with E-state index in [1.54, 1.807) is 0 Å². The molecule has 4 rings (SSSR count). The van der Waals surface area contributed by atoms with Crippen molar-refractivity contribution < 1.29 is 9.47 Å². The molecule has 2 aromatic rings. The molecule has 2 aliphatic heterocycles. The van der Waals surface area contributed by atoms with Crippen molar-refractivity contribution in [3.05, 3.63) is 59.2 Å². The van der Waals surface area contributed by atoms with Gasteiger partial charge in [0, 0.05) is 19.6 Å². The summed E-state index contributed by atoms with van der Waals surface area (Å²) < 4.78 is 10.8. The van der Waals surface area contributed by atoms with Gasteiger partial charge in [-0.05, 0) is 35.2 Å². The highest BCUT2D eigenvalue weighted by atomic mass is 35.5. The van der Waals surface area contributed by atoms with Crippen molar-refractivity contribution in [3.8, 4) is 11.5 Å². The van der Waals surface area contributed by atoms with Gasteiger partial charge < -0.3 is 9.47 Å². The lowest BCUT2D eigenvalue weighted by atomic mass is 9.99. The molecule has 2 heterocycles. The Hall–Kier alpha value is -1.71. The topological polar surface area (TPSA) is 21.7 Å². The summed E-state index contributed by atoms with van der Waals surface area (Å²) in [5, 5.41) is -0.0419. The number of benzene rings is 2. The molecule has 4 heteroatoms. The number of hydrogen-bond acceptors (Lipinski definition) is 3. The van der Waals surface area contributed by atoms with E-state index in [1.807, 2.05) is 18.2 Å². The van der Waals surface area contributed by atoms with E-state index in [2.05, 4.69) is 29.2 Å². The standard InChI is InChI=1S/C18H18ClNO2/c19-16(14-5-6-17-18(9-14)22-12-21-17)11-20-8-7-13-3-1-2-4-15(13)10-20/h1-6,9,16H,7-8,10-12H2. The molecule has 2 aliphatic rings. The molecule has 1 atom stereocenters. The van der Waals surface area contributed by atoms with Gasteiger partial charge in [-0.15, -0.1) is 11.6 Å². The molecule has 0 fully saturated rings. The smallest absolute Gasteiger partial charge is 0.231 e. The van der Waals surface area contributed by atoms with E-state index in [-0.39, 0.29) is 5.38 Å². The van der Waals surface area contributed by atoms with Crippen LogP contribution in [0.1, 0.15) is 22.1 Å². The maximum absolute atomic E-state index is 6.63. The molecule has 0 saturated carbocycles. The van der Waals surface area contributed by atoms with Gasteiger partial charge in [-0.1, -0.05) is 30.3 Å². The Bertz CT molecular complexity index is 689. The molecule has 0 amide bonds. The highest BCUT2D eigenvalue weighted by Crippen LogP contribution is 2.36. The molecule has 0 N–H and O–H groups in total. The molecule has 3 nitrogen and oxygen atoms in total. The van der Waals surface area contributed by atoms with Gasteiger partial charge >= 0.3 is 0 Å². The Morgan fingerprint density at radius 3 is 2.77 bits per heavy atom. The Morgan fingerprint density at radius 2 is 1.86 bits per heavy atom. The first kappa shape index (κ1) is 13.9. The number of hydrogen-bond donors (Lipinski definition) is 0. The van der Waals surface area contributed by atoms with Crippen molar-refractivity contribution in [2.24, 2.45) is 0 Å². The quantitative estimate of drug-likeness (QED) is 0.805. The first-order valence-electron chi connectivity index (χ1n) is 7.62. The molecule has 0 bridgehead atoms. The monoisotopic (exact) mass is 315 g/mol. The third kappa shape index (κ3) is 2.67. The maximum Gasteiger partial charge on any atom is 0.231 e. The average Bonchev–Trinajstić information content (AvgIpc) is 3.02. The zero-order valence-corrected chi connectivity index (χ0v) is 13.1. The Balaban J connectivity index is 1.45. The van der Waals surface area contributed by atoms with Crippen LogP contribution in [0.25, 0.3) is 0 Å². The summed E-state index contributed by atoms with van der Waals surface area (Å²) in [5.41, 5.74) is 3.97. The number of fused-ring (bicyclic) bond motifs is 2. The molecule has 114 valence electrons. The third-order valence-corrected chi connectivity index (χ3v) is 4.78. The zero-order valence-electron chi connectivity index (χ0n) is 12.3. The van der Waals surface area contributed by atoms with E-state index in [9.17, 15) is 0 Å². The van der Waals surface area contributed by atoms with Gasteiger partial charge in [-0.25, -0.2) is 0 Å². The van der Waals surface area contributed by atoms with E-state index in [4.69, 9.17) is 21.1 Å². The Labute approximate surface area is 135 Å². The Kier molecular flexibility index (Phi) is 3.68. The summed E-state index contributed by atoms with van der Waals surface area (Å²) in [5.74, 6) is 1.60. The summed E-state index contributed by atoms with van der Waals surface area (Å²) in [4.78, 5) is 2.42. The van der Waals surface area contributed by atoms with Gasteiger partial charge in [-0.3, -0.25) is 4.90 Å². The van der Waals surface area contributed by atoms with Crippen LogP contribution in [0.2, 0.25) is 0 Å². The predicted octanol–water partition coefficient (Wildman–Crippen LogP) is 3.75. The largest absolute Gasteiger partial charge is 0.454 e. The van der Waals surface area contributed by atoms with Gasteiger partial charge in [-0.2, -0.15) is 0 Å². The molecule has 22 heavy (non-hydrogen) atoms. The van der Waals surface area contributed by atoms with Crippen LogP contribution in [0.3, 0.4) is 0 Å². The third-order valence-electron chi connectivity index (χ3n) is 4.39. The average molecular weight is 316 g/mol. The number of nitrogens with zero attached hydrogens (tertiary/aromatic N) is 1. The van der Waals surface area contributed by atoms with E-state index >= 15 is 0 Å². The lowest BCUT2D eigenvalue weighted by Gasteiger charge is -2.30. The lowest BCUT2D eigenvalue weighted by Crippen LogP contribution is -2.32. The highest BCUT2D eigenvalue weighted by Gasteiger charge is 2.21. The van der Waals surface area contributed by atoms with E-state index in [1.165, 1.54) is 11.1 Å². The lowest BCUT2D eigenvalue weighted by molar-refractivity contribution is 0.174. The summed E-state index contributed by atoms with van der Waals surface area (Å²) in [6.45, 7) is 3.18. The van der Waals surface area contributed by atoms with E-state index in [0.29, 0.717) is 6.79 Å². The highest BCUT2D eigenvalue weighted by molar-refractivity contribution is 6.21. The molecule has 1 unspecified atom stereocenters. The molecule has 0 radical (unpaired) electrons. The van der Waals surface area contributed by atoms with Crippen LogP contribution in [0.15, 0.2) is 42.5 Å². The van der Waals surface area contributed by atoms with Crippen molar-refractivity contribution in [1.82, 2.24) is 4.90 Å². The molecule has 0 aromatic heterocycles. The zero-order chi connectivity index (χ0) is 14.9. The fourth-order valence-electron chi connectivity index (χ4n) is 3.15. The fraction of sp³-hybridized carbons (Fsp3) is 0.333. The van der Waals surface area contributed by atoms with Crippen LogP contribution in [-0.4, -0.2) is 24.8 Å². The van der Waals surface area contributed by atoms with E-state index in [0.717, 1.165) is 43.1 Å². The predicted molar refractivity (Wildman–Crippen MR) is 86.6 cm³/mol. The summed E-state index contributed by atoms with van der Waals surface area (Å²) in [6, 6.07) is 14.6. The summed E-state index contributed by atoms with van der Waals surface area (Å²) in [7, 11) is 0. The van der Waals surface area contributed by atoms with Crippen molar-refractivity contribution in [3.63, 3.8) is 0 Å². The summed E-state index contributed by atoms with van der Waals surface area (Å²) >= 11 is 6.63. The second-order valence-corrected chi connectivity index (χ2v) is 6.36. The molecule has 0 spiro atoms. The number of ether oxygens (including phenoxy) is 2. The minimum atomic E-state index is -0.0419. The number of rotatable bonds is 3. The second kappa shape index (κ2) is 5.82. The van der Waals surface area contributed by atoms with Crippen LogP contribution in [0.5, 0.6) is 11.5 Å². The molecule has 0 saturated heterocycles. The van der Waals surface area contributed by atoms with Crippen molar-refractivity contribution in [2.75, 3.05) is 19.9 Å². The van der Waals surface area contributed by atoms with Gasteiger partial charge in [0.05, 0.1) is 5.38 Å². The van der Waals surface area contributed by atoms with Gasteiger partial charge in [0.25, 0.3) is 0 Å². The summed E-state index contributed by atoms with van der Waals surface area (Å²) in [6.07, 6.45) is 1.10. The number of halogens is 1. The van der Waals surface area contributed by atoms with E-state index < -0.39 is 0 Å². The number of alkyl halides is 1. The van der Waals surface area contributed by atoms with Crippen LogP contribution in [-0.2, 0) is 13.0 Å².